The van der Waals surface area contributed by atoms with Crippen LogP contribution < -0.4 is 4.90 Å². The van der Waals surface area contributed by atoms with Gasteiger partial charge in [0, 0.05) is 25.2 Å². The van der Waals surface area contributed by atoms with E-state index in [9.17, 15) is 21.6 Å². The van der Waals surface area contributed by atoms with Crippen molar-refractivity contribution in [2.24, 2.45) is 0 Å². The summed E-state index contributed by atoms with van der Waals surface area (Å²) in [5, 5.41) is 0. The second-order valence-corrected chi connectivity index (χ2v) is 6.93. The average molecular weight is 344 g/mol. The molecule has 0 aliphatic heterocycles. The van der Waals surface area contributed by atoms with Gasteiger partial charge in [-0.2, -0.15) is 13.2 Å². The number of hydrogen-bond donors (Lipinski definition) is 0. The number of alkyl halides is 4. The van der Waals surface area contributed by atoms with E-state index in [0.29, 0.717) is 11.6 Å². The number of rotatable bonds is 7. The van der Waals surface area contributed by atoms with Gasteiger partial charge in [-0.15, -0.1) is 11.6 Å². The summed E-state index contributed by atoms with van der Waals surface area (Å²) in [6, 6.07) is 4.71. The van der Waals surface area contributed by atoms with Gasteiger partial charge in [0.25, 0.3) is 9.84 Å². The van der Waals surface area contributed by atoms with Gasteiger partial charge in [0.1, 0.15) is 0 Å². The highest BCUT2D eigenvalue weighted by molar-refractivity contribution is 7.92. The van der Waals surface area contributed by atoms with Crippen LogP contribution in [0.2, 0.25) is 0 Å². The van der Waals surface area contributed by atoms with Crippen LogP contribution in [0.3, 0.4) is 0 Å². The van der Waals surface area contributed by atoms with Crippen LogP contribution in [0.15, 0.2) is 29.2 Å². The molecule has 0 fully saturated rings. The molecule has 1 rings (SSSR count). The van der Waals surface area contributed by atoms with Crippen LogP contribution in [0.4, 0.5) is 18.9 Å². The smallest absolute Gasteiger partial charge is 0.375 e. The maximum Gasteiger partial charge on any atom is 0.501 e. The zero-order valence-corrected chi connectivity index (χ0v) is 13.1. The van der Waals surface area contributed by atoms with Crippen molar-refractivity contribution < 1.29 is 21.6 Å². The molecule has 3 nitrogen and oxygen atoms in total. The van der Waals surface area contributed by atoms with Gasteiger partial charge in [-0.05, 0) is 37.1 Å². The molecule has 0 aliphatic carbocycles. The molecule has 120 valence electrons. The Hall–Kier alpha value is -0.950. The highest BCUT2D eigenvalue weighted by Gasteiger charge is 2.46. The largest absolute Gasteiger partial charge is 0.501 e. The Kier molecular flexibility index (Phi) is 6.34. The van der Waals surface area contributed by atoms with Gasteiger partial charge in [-0.3, -0.25) is 0 Å². The summed E-state index contributed by atoms with van der Waals surface area (Å²) in [6.45, 7) is 0.724. The first-order valence-corrected chi connectivity index (χ1v) is 8.40. The van der Waals surface area contributed by atoms with E-state index in [1.54, 1.807) is 7.05 Å². The second-order valence-electron chi connectivity index (χ2n) is 4.61. The molecule has 0 N–H and O–H groups in total. The molecular weight excluding hydrogens is 327 g/mol. The Labute approximate surface area is 127 Å². The van der Waals surface area contributed by atoms with Gasteiger partial charge in [0.15, 0.2) is 0 Å². The van der Waals surface area contributed by atoms with E-state index in [4.69, 9.17) is 11.6 Å². The van der Waals surface area contributed by atoms with Gasteiger partial charge in [0.05, 0.1) is 4.90 Å². The highest BCUT2D eigenvalue weighted by Crippen LogP contribution is 2.31. The van der Waals surface area contributed by atoms with Gasteiger partial charge in [-0.25, -0.2) is 8.42 Å². The Balaban J connectivity index is 2.74. The van der Waals surface area contributed by atoms with Crippen LogP contribution in [-0.4, -0.2) is 33.4 Å². The first kappa shape index (κ1) is 18.1. The van der Waals surface area contributed by atoms with E-state index >= 15 is 0 Å². The van der Waals surface area contributed by atoms with Crippen LogP contribution in [0.25, 0.3) is 0 Å². The highest BCUT2D eigenvalue weighted by atomic mass is 35.5. The lowest BCUT2D eigenvalue weighted by Crippen LogP contribution is -2.23. The van der Waals surface area contributed by atoms with Crippen molar-refractivity contribution in [3.05, 3.63) is 24.3 Å². The summed E-state index contributed by atoms with van der Waals surface area (Å²) in [5.41, 5.74) is -4.61. The number of hydrogen-bond acceptors (Lipinski definition) is 3. The van der Waals surface area contributed by atoms with Gasteiger partial charge in [-0.1, -0.05) is 6.42 Å². The van der Waals surface area contributed by atoms with Crippen molar-refractivity contribution in [3.8, 4) is 0 Å². The molecule has 0 amide bonds. The average Bonchev–Trinajstić information content (AvgIpc) is 2.42. The van der Waals surface area contributed by atoms with Crippen molar-refractivity contribution in [1.29, 1.82) is 0 Å². The second kappa shape index (κ2) is 7.35. The minimum absolute atomic E-state index is 0.605. The van der Waals surface area contributed by atoms with Crippen molar-refractivity contribution in [2.75, 3.05) is 24.4 Å². The van der Waals surface area contributed by atoms with Crippen LogP contribution in [0.5, 0.6) is 0 Å². The van der Waals surface area contributed by atoms with Gasteiger partial charge >= 0.3 is 5.51 Å². The number of halogens is 4. The summed E-state index contributed by atoms with van der Waals surface area (Å²) in [7, 11) is -3.48. The SMILES string of the molecule is CN(CCCCCCl)c1ccc(S(=O)(=O)C(F)(F)F)cc1. The monoisotopic (exact) mass is 343 g/mol. The van der Waals surface area contributed by atoms with E-state index in [1.165, 1.54) is 12.1 Å². The minimum Gasteiger partial charge on any atom is -0.375 e. The fourth-order valence-corrected chi connectivity index (χ4v) is 2.71. The molecule has 0 radical (unpaired) electrons. The molecule has 0 spiro atoms. The summed E-state index contributed by atoms with van der Waals surface area (Å²) in [6.07, 6.45) is 2.79. The fourth-order valence-electron chi connectivity index (χ4n) is 1.76. The third kappa shape index (κ3) is 4.78. The van der Waals surface area contributed by atoms with E-state index < -0.39 is 20.2 Å². The molecule has 0 unspecified atom stereocenters. The van der Waals surface area contributed by atoms with E-state index in [2.05, 4.69) is 0 Å². The zero-order chi connectivity index (χ0) is 16.1. The van der Waals surface area contributed by atoms with Crippen molar-refractivity contribution in [2.45, 2.75) is 29.7 Å². The molecular formula is C13H17ClF3NO2S. The Bertz CT molecular complexity index is 544. The fraction of sp³-hybridized carbons (Fsp3) is 0.538. The zero-order valence-electron chi connectivity index (χ0n) is 11.5. The number of unbranched alkanes of at least 4 members (excludes halogenated alkanes) is 2. The van der Waals surface area contributed by atoms with Gasteiger partial charge in [0.2, 0.25) is 0 Å². The predicted molar refractivity (Wildman–Crippen MR) is 77.5 cm³/mol. The molecule has 0 heterocycles. The summed E-state index contributed by atoms with van der Waals surface area (Å²) >= 11 is 5.57. The molecule has 1 aromatic rings. The molecule has 8 heteroatoms. The summed E-state index contributed by atoms with van der Waals surface area (Å²) in [4.78, 5) is 1.12. The van der Waals surface area contributed by atoms with Crippen molar-refractivity contribution in [3.63, 3.8) is 0 Å². The molecule has 0 aliphatic rings. The van der Waals surface area contributed by atoms with Crippen LogP contribution in [0, 0.1) is 0 Å². The number of benzene rings is 1. The first-order valence-electron chi connectivity index (χ1n) is 6.38. The minimum atomic E-state index is -5.28. The number of nitrogens with zero attached hydrogens (tertiary/aromatic N) is 1. The Morgan fingerprint density at radius 2 is 1.67 bits per heavy atom. The molecule has 0 aromatic heterocycles. The standard InChI is InChI=1S/C13H17ClF3NO2S/c1-18(10-4-2-3-9-14)11-5-7-12(8-6-11)21(19,20)13(15,16)17/h5-8H,2-4,9-10H2,1H3. The maximum atomic E-state index is 12.4. The molecule has 0 saturated carbocycles. The van der Waals surface area contributed by atoms with Gasteiger partial charge < -0.3 is 4.90 Å². The normalized spacial score (nSPS) is 12.4. The lowest BCUT2D eigenvalue weighted by atomic mass is 10.2. The molecule has 21 heavy (non-hydrogen) atoms. The molecule has 0 saturated heterocycles. The quantitative estimate of drug-likeness (QED) is 0.558. The van der Waals surface area contributed by atoms with E-state index in [-0.39, 0.29) is 0 Å². The van der Waals surface area contributed by atoms with Crippen LogP contribution >= 0.6 is 11.6 Å². The van der Waals surface area contributed by atoms with Crippen molar-refractivity contribution in [1.82, 2.24) is 0 Å². The number of anilines is 1. The first-order chi connectivity index (χ1) is 9.70. The summed E-state index contributed by atoms with van der Waals surface area (Å²) < 4.78 is 59.7. The van der Waals surface area contributed by atoms with Crippen LogP contribution in [0.1, 0.15) is 19.3 Å². The lowest BCUT2D eigenvalue weighted by Gasteiger charge is -2.19. The molecule has 0 atom stereocenters. The topological polar surface area (TPSA) is 37.4 Å². The lowest BCUT2D eigenvalue weighted by molar-refractivity contribution is -0.0436. The summed E-state index contributed by atoms with van der Waals surface area (Å²) in [5.74, 6) is 0.605. The Morgan fingerprint density at radius 1 is 1.10 bits per heavy atom. The van der Waals surface area contributed by atoms with E-state index in [0.717, 1.165) is 37.9 Å². The Morgan fingerprint density at radius 3 is 2.14 bits per heavy atom. The predicted octanol–water partition coefficient (Wildman–Crippen LogP) is 3.83. The maximum absolute atomic E-state index is 12.4. The number of sulfone groups is 1. The molecule has 0 bridgehead atoms. The van der Waals surface area contributed by atoms with Crippen molar-refractivity contribution >= 4 is 27.1 Å². The van der Waals surface area contributed by atoms with Crippen LogP contribution in [-0.2, 0) is 9.84 Å². The van der Waals surface area contributed by atoms with E-state index in [1.807, 2.05) is 4.90 Å². The third-order valence-corrected chi connectivity index (χ3v) is 4.79. The third-order valence-electron chi connectivity index (χ3n) is 3.02. The molecule has 1 aromatic carbocycles.